The third-order valence-corrected chi connectivity index (χ3v) is 6.75. The maximum atomic E-state index is 14.9. The Bertz CT molecular complexity index is 1420. The highest BCUT2D eigenvalue weighted by molar-refractivity contribution is 6.30. The van der Waals surface area contributed by atoms with Crippen LogP contribution in [0, 0.1) is 34.7 Å². The van der Waals surface area contributed by atoms with Gasteiger partial charge in [-0.15, -0.1) is 0 Å². The third-order valence-electron chi connectivity index (χ3n) is 6.50. The minimum atomic E-state index is -1.01. The van der Waals surface area contributed by atoms with Gasteiger partial charge in [0.1, 0.15) is 12.2 Å². The van der Waals surface area contributed by atoms with Gasteiger partial charge in [0.05, 0.1) is 22.5 Å². The van der Waals surface area contributed by atoms with Gasteiger partial charge in [-0.1, -0.05) is 36.9 Å². The van der Waals surface area contributed by atoms with Crippen LogP contribution in [-0.2, 0) is 0 Å². The van der Waals surface area contributed by atoms with Gasteiger partial charge in [0.15, 0.2) is 23.2 Å². The van der Waals surface area contributed by atoms with Gasteiger partial charge in [-0.05, 0) is 55.3 Å². The Morgan fingerprint density at radius 1 is 0.971 bits per heavy atom. The van der Waals surface area contributed by atoms with Gasteiger partial charge in [-0.25, -0.2) is 17.9 Å². The van der Waals surface area contributed by atoms with Crippen LogP contribution < -0.4 is 4.74 Å². The van der Waals surface area contributed by atoms with Crippen LogP contribution in [0.4, 0.5) is 13.2 Å². The van der Waals surface area contributed by atoms with Crippen LogP contribution in [0.15, 0.2) is 54.6 Å². The zero-order valence-electron chi connectivity index (χ0n) is 18.6. The largest absolute Gasteiger partial charge is 0.479 e. The van der Waals surface area contributed by atoms with Crippen molar-refractivity contribution in [2.45, 2.75) is 38.2 Å². The molecule has 1 aliphatic carbocycles. The second-order valence-corrected chi connectivity index (χ2v) is 9.16. The van der Waals surface area contributed by atoms with E-state index in [0.717, 1.165) is 44.2 Å². The monoisotopic (exact) mass is 495 g/mol. The normalized spacial score (nSPS) is 15.2. The number of aromatic nitrogens is 2. The van der Waals surface area contributed by atoms with Gasteiger partial charge in [0.2, 0.25) is 0 Å². The standard InChI is InChI=1S/C27H21ClF3N3O/c28-18-9-11-19(12-10-18)34-25(20-13-22(30)23(31)14-24(20)33-34)27(16-5-2-1-3-6-16)35-26-17(15-32)7-4-8-21(26)29/h4,7-14,16,27H,1-3,5-6H2. The highest BCUT2D eigenvalue weighted by Gasteiger charge is 2.34. The second-order valence-electron chi connectivity index (χ2n) is 8.72. The average Bonchev–Trinajstić information content (AvgIpc) is 3.22. The van der Waals surface area contributed by atoms with Crippen LogP contribution in [0.3, 0.4) is 0 Å². The first-order valence-electron chi connectivity index (χ1n) is 11.4. The average molecular weight is 496 g/mol. The Labute approximate surface area is 205 Å². The highest BCUT2D eigenvalue weighted by Crippen LogP contribution is 2.42. The molecule has 5 rings (SSSR count). The van der Waals surface area contributed by atoms with E-state index in [9.17, 15) is 18.4 Å². The fraction of sp³-hybridized carbons (Fsp3) is 0.259. The number of ether oxygens (including phenoxy) is 1. The molecule has 8 heteroatoms. The Balaban J connectivity index is 1.76. The number of hydrogen-bond donors (Lipinski definition) is 0. The Morgan fingerprint density at radius 2 is 1.69 bits per heavy atom. The van der Waals surface area contributed by atoms with Crippen molar-refractivity contribution in [3.63, 3.8) is 0 Å². The molecule has 1 atom stereocenters. The topological polar surface area (TPSA) is 50.8 Å². The molecule has 4 aromatic rings. The zero-order chi connectivity index (χ0) is 24.5. The summed E-state index contributed by atoms with van der Waals surface area (Å²) in [6, 6.07) is 15.2. The molecule has 0 spiro atoms. The number of nitrogens with zero attached hydrogens (tertiary/aromatic N) is 3. The van der Waals surface area contributed by atoms with E-state index in [-0.39, 0.29) is 22.7 Å². The van der Waals surface area contributed by atoms with Crippen LogP contribution in [0.25, 0.3) is 16.6 Å². The molecule has 1 heterocycles. The smallest absolute Gasteiger partial charge is 0.173 e. The highest BCUT2D eigenvalue weighted by atomic mass is 35.5. The van der Waals surface area contributed by atoms with Crippen LogP contribution in [0.5, 0.6) is 5.75 Å². The number of hydrogen-bond acceptors (Lipinski definition) is 3. The molecule has 1 unspecified atom stereocenters. The van der Waals surface area contributed by atoms with Crippen LogP contribution >= 0.6 is 11.6 Å². The van der Waals surface area contributed by atoms with Crippen LogP contribution in [-0.4, -0.2) is 9.78 Å². The second kappa shape index (κ2) is 9.63. The van der Waals surface area contributed by atoms with E-state index < -0.39 is 23.6 Å². The molecule has 0 radical (unpaired) electrons. The summed E-state index contributed by atoms with van der Waals surface area (Å²) in [5.74, 6) is -2.90. The van der Waals surface area contributed by atoms with Gasteiger partial charge >= 0.3 is 0 Å². The van der Waals surface area contributed by atoms with Crippen LogP contribution in [0.2, 0.25) is 5.02 Å². The lowest BCUT2D eigenvalue weighted by Gasteiger charge is -2.31. The Hall–Kier alpha value is -3.50. The molecule has 0 amide bonds. The molecule has 1 aromatic heterocycles. The molecule has 0 N–H and O–H groups in total. The van der Waals surface area contributed by atoms with Crippen molar-refractivity contribution in [1.82, 2.24) is 9.78 Å². The third kappa shape index (κ3) is 4.46. The van der Waals surface area contributed by atoms with Crippen molar-refractivity contribution in [3.05, 3.63) is 88.3 Å². The summed E-state index contributed by atoms with van der Waals surface area (Å²) in [7, 11) is 0. The lowest BCUT2D eigenvalue weighted by Crippen LogP contribution is -2.25. The maximum Gasteiger partial charge on any atom is 0.173 e. The molecule has 3 aromatic carbocycles. The molecule has 1 fully saturated rings. The van der Waals surface area contributed by atoms with E-state index in [1.54, 1.807) is 28.9 Å². The van der Waals surface area contributed by atoms with Gasteiger partial charge in [-0.3, -0.25) is 0 Å². The van der Waals surface area contributed by atoms with Gasteiger partial charge in [0, 0.05) is 22.4 Å². The van der Waals surface area contributed by atoms with Crippen molar-refractivity contribution >= 4 is 22.5 Å². The summed E-state index contributed by atoms with van der Waals surface area (Å²) in [6.45, 7) is 0. The molecule has 0 bridgehead atoms. The molecular formula is C27H21ClF3N3O. The maximum absolute atomic E-state index is 14.9. The molecule has 0 aliphatic heterocycles. The first kappa shape index (κ1) is 23.3. The summed E-state index contributed by atoms with van der Waals surface area (Å²) in [5, 5.41) is 15.0. The number of halogens is 4. The van der Waals surface area contributed by atoms with E-state index in [1.807, 2.05) is 6.07 Å². The van der Waals surface area contributed by atoms with Gasteiger partial charge in [-0.2, -0.15) is 10.4 Å². The lowest BCUT2D eigenvalue weighted by molar-refractivity contribution is 0.0984. The quantitative estimate of drug-likeness (QED) is 0.285. The van der Waals surface area contributed by atoms with Crippen molar-refractivity contribution < 1.29 is 17.9 Å². The van der Waals surface area contributed by atoms with Gasteiger partial charge in [0.25, 0.3) is 0 Å². The zero-order valence-corrected chi connectivity index (χ0v) is 19.4. The van der Waals surface area contributed by atoms with E-state index in [0.29, 0.717) is 21.8 Å². The number of fused-ring (bicyclic) bond motifs is 1. The van der Waals surface area contributed by atoms with E-state index >= 15 is 0 Å². The van der Waals surface area contributed by atoms with Gasteiger partial charge < -0.3 is 4.74 Å². The number of nitriles is 1. The fourth-order valence-corrected chi connectivity index (χ4v) is 4.93. The minimum Gasteiger partial charge on any atom is -0.479 e. The first-order chi connectivity index (χ1) is 17.0. The summed E-state index contributed by atoms with van der Waals surface area (Å²) in [5.41, 5.74) is 1.39. The fourth-order valence-electron chi connectivity index (χ4n) is 4.81. The molecule has 0 saturated heterocycles. The number of benzene rings is 3. The van der Waals surface area contributed by atoms with Crippen molar-refractivity contribution in [1.29, 1.82) is 5.26 Å². The van der Waals surface area contributed by atoms with E-state index in [4.69, 9.17) is 16.3 Å². The lowest BCUT2D eigenvalue weighted by atomic mass is 9.83. The minimum absolute atomic E-state index is 0.0473. The predicted octanol–water partition coefficient (Wildman–Crippen LogP) is 7.67. The van der Waals surface area contributed by atoms with E-state index in [2.05, 4.69) is 5.10 Å². The molecule has 1 aliphatic rings. The molecule has 4 nitrogen and oxygen atoms in total. The van der Waals surface area contributed by atoms with Crippen molar-refractivity contribution in [3.8, 4) is 17.5 Å². The first-order valence-corrected chi connectivity index (χ1v) is 11.8. The molecular weight excluding hydrogens is 475 g/mol. The summed E-state index contributed by atoms with van der Waals surface area (Å²) < 4.78 is 51.3. The number of para-hydroxylation sites is 1. The predicted molar refractivity (Wildman–Crippen MR) is 127 cm³/mol. The van der Waals surface area contributed by atoms with E-state index in [1.165, 1.54) is 18.2 Å². The van der Waals surface area contributed by atoms with Crippen molar-refractivity contribution in [2.75, 3.05) is 0 Å². The summed E-state index contributed by atoms with van der Waals surface area (Å²) in [6.07, 6.45) is 3.84. The molecule has 35 heavy (non-hydrogen) atoms. The summed E-state index contributed by atoms with van der Waals surface area (Å²) in [4.78, 5) is 0. The molecule has 178 valence electrons. The molecule has 1 saturated carbocycles. The van der Waals surface area contributed by atoms with Crippen LogP contribution in [0.1, 0.15) is 49.5 Å². The number of rotatable bonds is 5. The SMILES string of the molecule is N#Cc1cccc(F)c1OC(c1c2cc(F)c(F)cc2nn1-c1ccc(Cl)cc1)C1CCCCC1. The van der Waals surface area contributed by atoms with Crippen molar-refractivity contribution in [2.24, 2.45) is 5.92 Å². The Morgan fingerprint density at radius 3 is 2.40 bits per heavy atom. The Kier molecular flexibility index (Phi) is 6.40. The summed E-state index contributed by atoms with van der Waals surface area (Å²) >= 11 is 6.08.